The Morgan fingerprint density at radius 3 is 2.85 bits per heavy atom. The van der Waals surface area contributed by atoms with Crippen molar-refractivity contribution < 1.29 is 9.90 Å². The Morgan fingerprint density at radius 2 is 2.20 bits per heavy atom. The molecular weight excluding hydrogens is 256 g/mol. The monoisotopic (exact) mass is 274 g/mol. The van der Waals surface area contributed by atoms with Crippen LogP contribution < -0.4 is 5.32 Å². The quantitative estimate of drug-likeness (QED) is 0.853. The van der Waals surface area contributed by atoms with Crippen molar-refractivity contribution in [1.29, 1.82) is 0 Å². The minimum absolute atomic E-state index is 0.0104. The molecule has 0 saturated heterocycles. The average molecular weight is 274 g/mol. The first-order valence-electron chi connectivity index (χ1n) is 6.50. The number of rotatable bonds is 5. The van der Waals surface area contributed by atoms with Gasteiger partial charge in [-0.1, -0.05) is 6.92 Å². The van der Waals surface area contributed by atoms with Gasteiger partial charge in [0.25, 0.3) is 5.91 Å². The maximum absolute atomic E-state index is 12.3. The zero-order valence-electron chi connectivity index (χ0n) is 11.5. The first kappa shape index (κ1) is 14.2. The van der Waals surface area contributed by atoms with Gasteiger partial charge in [0, 0.05) is 31.2 Å². The van der Waals surface area contributed by atoms with E-state index in [4.69, 9.17) is 5.11 Å². The summed E-state index contributed by atoms with van der Waals surface area (Å²) >= 11 is 0. The second kappa shape index (κ2) is 6.29. The van der Waals surface area contributed by atoms with Gasteiger partial charge in [-0.3, -0.25) is 4.79 Å². The largest absolute Gasteiger partial charge is 0.396 e. The number of aromatic nitrogens is 3. The number of hydrogen-bond donors (Lipinski definition) is 2. The van der Waals surface area contributed by atoms with Gasteiger partial charge in [-0.15, -0.1) is 0 Å². The van der Waals surface area contributed by atoms with Gasteiger partial charge >= 0.3 is 0 Å². The van der Waals surface area contributed by atoms with Crippen LogP contribution in [-0.2, 0) is 0 Å². The number of nitrogens with zero attached hydrogens (tertiary/aromatic N) is 3. The van der Waals surface area contributed by atoms with E-state index in [0.717, 1.165) is 0 Å². The third kappa shape index (κ3) is 3.03. The van der Waals surface area contributed by atoms with Crippen LogP contribution in [0.1, 0.15) is 24.2 Å². The predicted octanol–water partition coefficient (Wildman–Crippen LogP) is 1.01. The smallest absolute Gasteiger partial charge is 0.255 e. The normalized spacial score (nSPS) is 13.8. The summed E-state index contributed by atoms with van der Waals surface area (Å²) in [6, 6.07) is 5.06. The third-order valence-corrected chi connectivity index (χ3v) is 3.25. The SMILES string of the molecule is CC(CO)C(C)NC(=O)c1cccnc1-n1cccn1. The van der Waals surface area contributed by atoms with Crippen molar-refractivity contribution >= 4 is 5.91 Å². The zero-order valence-corrected chi connectivity index (χ0v) is 11.5. The summed E-state index contributed by atoms with van der Waals surface area (Å²) in [6.45, 7) is 3.77. The summed E-state index contributed by atoms with van der Waals surface area (Å²) < 4.78 is 1.55. The van der Waals surface area contributed by atoms with Crippen LogP contribution in [0, 0.1) is 5.92 Å². The average Bonchev–Trinajstić information content (AvgIpc) is 3.00. The lowest BCUT2D eigenvalue weighted by molar-refractivity contribution is 0.0916. The fourth-order valence-corrected chi connectivity index (χ4v) is 1.74. The van der Waals surface area contributed by atoms with Gasteiger partial charge in [0.05, 0.1) is 5.56 Å². The van der Waals surface area contributed by atoms with E-state index in [0.29, 0.717) is 11.4 Å². The second-order valence-corrected chi connectivity index (χ2v) is 4.75. The molecule has 2 rings (SSSR count). The van der Waals surface area contributed by atoms with E-state index in [1.54, 1.807) is 41.5 Å². The minimum Gasteiger partial charge on any atom is -0.396 e. The van der Waals surface area contributed by atoms with Crippen molar-refractivity contribution in [2.45, 2.75) is 19.9 Å². The standard InChI is InChI=1S/C14H18N4O2/c1-10(9-19)11(2)17-14(20)12-5-3-6-15-13(12)18-8-4-7-16-18/h3-8,10-11,19H,9H2,1-2H3,(H,17,20). The van der Waals surface area contributed by atoms with Crippen molar-refractivity contribution in [1.82, 2.24) is 20.1 Å². The third-order valence-electron chi connectivity index (χ3n) is 3.25. The Kier molecular flexibility index (Phi) is 4.47. The molecule has 0 aliphatic carbocycles. The summed E-state index contributed by atoms with van der Waals surface area (Å²) in [7, 11) is 0. The number of pyridine rings is 1. The molecule has 6 nitrogen and oxygen atoms in total. The van der Waals surface area contributed by atoms with Crippen LogP contribution in [0.15, 0.2) is 36.8 Å². The lowest BCUT2D eigenvalue weighted by Crippen LogP contribution is -2.38. The Labute approximate surface area is 117 Å². The summed E-state index contributed by atoms with van der Waals surface area (Å²) in [6.07, 6.45) is 4.99. The molecule has 0 aliphatic heterocycles. The minimum atomic E-state index is -0.226. The summed E-state index contributed by atoms with van der Waals surface area (Å²) in [5.41, 5.74) is 0.452. The van der Waals surface area contributed by atoms with Crippen LogP contribution in [0.25, 0.3) is 5.82 Å². The fourth-order valence-electron chi connectivity index (χ4n) is 1.74. The van der Waals surface area contributed by atoms with E-state index in [2.05, 4.69) is 15.4 Å². The highest BCUT2D eigenvalue weighted by Crippen LogP contribution is 2.11. The molecule has 0 radical (unpaired) electrons. The van der Waals surface area contributed by atoms with Crippen LogP contribution >= 0.6 is 0 Å². The van der Waals surface area contributed by atoms with Crippen LogP contribution in [-0.4, -0.2) is 38.4 Å². The first-order valence-corrected chi connectivity index (χ1v) is 6.50. The molecule has 0 spiro atoms. The topological polar surface area (TPSA) is 80.0 Å². The summed E-state index contributed by atoms with van der Waals surface area (Å²) in [5.74, 6) is 0.249. The molecule has 1 amide bonds. The van der Waals surface area contributed by atoms with E-state index in [9.17, 15) is 4.79 Å². The molecule has 2 heterocycles. The second-order valence-electron chi connectivity index (χ2n) is 4.75. The van der Waals surface area contributed by atoms with Gasteiger partial charge in [0.1, 0.15) is 0 Å². The van der Waals surface area contributed by atoms with Gasteiger partial charge < -0.3 is 10.4 Å². The van der Waals surface area contributed by atoms with Crippen molar-refractivity contribution in [3.05, 3.63) is 42.4 Å². The molecule has 0 bridgehead atoms. The molecular formula is C14H18N4O2. The number of hydrogen-bond acceptors (Lipinski definition) is 4. The van der Waals surface area contributed by atoms with E-state index in [1.165, 1.54) is 0 Å². The molecule has 2 aromatic rings. The van der Waals surface area contributed by atoms with Crippen molar-refractivity contribution in [3.8, 4) is 5.82 Å². The number of aliphatic hydroxyl groups is 1. The molecule has 2 aromatic heterocycles. The molecule has 0 aliphatic rings. The van der Waals surface area contributed by atoms with E-state index < -0.39 is 0 Å². The van der Waals surface area contributed by atoms with Gasteiger partial charge in [0.2, 0.25) is 0 Å². The molecule has 20 heavy (non-hydrogen) atoms. The number of nitrogens with one attached hydrogen (secondary N) is 1. The zero-order chi connectivity index (χ0) is 14.5. The van der Waals surface area contributed by atoms with Crippen LogP contribution in [0.3, 0.4) is 0 Å². The molecule has 2 atom stereocenters. The van der Waals surface area contributed by atoms with Crippen LogP contribution in [0.2, 0.25) is 0 Å². The lowest BCUT2D eigenvalue weighted by atomic mass is 10.0. The fraction of sp³-hybridized carbons (Fsp3) is 0.357. The van der Waals surface area contributed by atoms with Crippen LogP contribution in [0.5, 0.6) is 0 Å². The molecule has 2 unspecified atom stereocenters. The number of amides is 1. The van der Waals surface area contributed by atoms with Gasteiger partial charge in [-0.2, -0.15) is 5.10 Å². The number of carbonyl (C=O) groups excluding carboxylic acids is 1. The molecule has 0 saturated carbocycles. The summed E-state index contributed by atoms with van der Waals surface area (Å²) in [5, 5.41) is 16.1. The van der Waals surface area contributed by atoms with Crippen molar-refractivity contribution in [2.75, 3.05) is 6.61 Å². The maximum atomic E-state index is 12.3. The summed E-state index contributed by atoms with van der Waals surface area (Å²) in [4.78, 5) is 16.5. The van der Waals surface area contributed by atoms with Crippen LogP contribution in [0.4, 0.5) is 0 Å². The van der Waals surface area contributed by atoms with E-state index in [1.807, 2.05) is 13.8 Å². The van der Waals surface area contributed by atoms with Gasteiger partial charge in [0.15, 0.2) is 5.82 Å². The molecule has 106 valence electrons. The molecule has 2 N–H and O–H groups in total. The lowest BCUT2D eigenvalue weighted by Gasteiger charge is -2.19. The molecule has 6 heteroatoms. The highest BCUT2D eigenvalue weighted by atomic mass is 16.3. The van der Waals surface area contributed by atoms with E-state index in [-0.39, 0.29) is 24.5 Å². The molecule has 0 aromatic carbocycles. The van der Waals surface area contributed by atoms with Crippen molar-refractivity contribution in [3.63, 3.8) is 0 Å². The van der Waals surface area contributed by atoms with E-state index >= 15 is 0 Å². The van der Waals surface area contributed by atoms with Gasteiger partial charge in [-0.05, 0) is 31.0 Å². The highest BCUT2D eigenvalue weighted by Gasteiger charge is 2.18. The van der Waals surface area contributed by atoms with Gasteiger partial charge in [-0.25, -0.2) is 9.67 Å². The highest BCUT2D eigenvalue weighted by molar-refractivity contribution is 5.97. The Bertz CT molecular complexity index is 568. The Hall–Kier alpha value is -2.21. The maximum Gasteiger partial charge on any atom is 0.255 e. The predicted molar refractivity (Wildman–Crippen MR) is 74.5 cm³/mol. The molecule has 0 fully saturated rings. The number of aliphatic hydroxyl groups excluding tert-OH is 1. The number of carbonyl (C=O) groups is 1. The van der Waals surface area contributed by atoms with Crippen molar-refractivity contribution in [2.24, 2.45) is 5.92 Å². The first-order chi connectivity index (χ1) is 9.63. The Balaban J connectivity index is 2.23. The Morgan fingerprint density at radius 1 is 1.40 bits per heavy atom.